The minimum absolute atomic E-state index is 0.0438. The number of allylic oxidation sites excluding steroid dienone is 3. The monoisotopic (exact) mass is 358 g/mol. The van der Waals surface area contributed by atoms with Crippen molar-refractivity contribution in [3.63, 3.8) is 0 Å². The molecule has 2 atom stereocenters. The Labute approximate surface area is 118 Å². The van der Waals surface area contributed by atoms with Gasteiger partial charge in [0.15, 0.2) is 0 Å². The summed E-state index contributed by atoms with van der Waals surface area (Å²) in [6.45, 7) is 10.4. The molecular formula is C16H30OSn. The summed E-state index contributed by atoms with van der Waals surface area (Å²) in [5, 5.41) is 0. The van der Waals surface area contributed by atoms with Crippen LogP contribution in [-0.4, -0.2) is 24.7 Å². The van der Waals surface area contributed by atoms with Crippen molar-refractivity contribution < 1.29 is 4.79 Å². The zero-order valence-corrected chi connectivity index (χ0v) is 15.9. The molecule has 18 heavy (non-hydrogen) atoms. The Kier molecular flexibility index (Phi) is 7.50. The first-order valence-corrected chi connectivity index (χ1v) is 17.4. The Balaban J connectivity index is 4.82. The molecule has 0 aromatic heterocycles. The third kappa shape index (κ3) is 6.77. The Morgan fingerprint density at radius 1 is 1.33 bits per heavy atom. The van der Waals surface area contributed by atoms with Crippen LogP contribution in [0.3, 0.4) is 0 Å². The van der Waals surface area contributed by atoms with E-state index in [0.717, 1.165) is 17.3 Å². The molecule has 1 nitrogen and oxygen atoms in total. The van der Waals surface area contributed by atoms with E-state index in [-0.39, 0.29) is 11.3 Å². The summed E-state index contributed by atoms with van der Waals surface area (Å²) in [6, 6.07) is 0. The molecule has 0 aliphatic carbocycles. The van der Waals surface area contributed by atoms with E-state index in [1.165, 1.54) is 11.9 Å². The van der Waals surface area contributed by atoms with E-state index in [9.17, 15) is 4.79 Å². The van der Waals surface area contributed by atoms with Crippen molar-refractivity contribution in [2.45, 2.75) is 52.9 Å². The van der Waals surface area contributed by atoms with E-state index in [0.29, 0.717) is 0 Å². The zero-order chi connectivity index (χ0) is 14.4. The fraction of sp³-hybridized carbons (Fsp3) is 0.688. The average molecular weight is 357 g/mol. The average Bonchev–Trinajstić information content (AvgIpc) is 2.23. The number of carbonyl (C=O) groups excluding carboxylic acids is 1. The molecule has 0 saturated heterocycles. The Hall–Kier alpha value is -0.0513. The first-order valence-electron chi connectivity index (χ1n) is 6.87. The van der Waals surface area contributed by atoms with Gasteiger partial charge in [0.05, 0.1) is 0 Å². The van der Waals surface area contributed by atoms with Crippen molar-refractivity contribution in [1.82, 2.24) is 0 Å². The van der Waals surface area contributed by atoms with Gasteiger partial charge in [-0.2, -0.15) is 0 Å². The molecule has 0 saturated carbocycles. The van der Waals surface area contributed by atoms with Gasteiger partial charge >= 0.3 is 118 Å². The normalized spacial score (nSPS) is 16.6. The molecule has 2 unspecified atom stereocenters. The molecule has 0 aromatic rings. The number of rotatable bonds is 8. The van der Waals surface area contributed by atoms with E-state index in [1.807, 2.05) is 6.08 Å². The summed E-state index contributed by atoms with van der Waals surface area (Å²) >= 11 is -1.94. The van der Waals surface area contributed by atoms with Crippen molar-refractivity contribution in [3.05, 3.63) is 24.3 Å². The van der Waals surface area contributed by atoms with Crippen molar-refractivity contribution >= 4 is 24.7 Å². The van der Waals surface area contributed by atoms with Gasteiger partial charge in [0.2, 0.25) is 0 Å². The van der Waals surface area contributed by atoms with Gasteiger partial charge in [-0.3, -0.25) is 0 Å². The van der Waals surface area contributed by atoms with Crippen LogP contribution in [0.2, 0.25) is 19.3 Å². The van der Waals surface area contributed by atoms with Crippen LogP contribution in [0.5, 0.6) is 0 Å². The molecule has 0 aliphatic rings. The fourth-order valence-electron chi connectivity index (χ4n) is 2.21. The van der Waals surface area contributed by atoms with Gasteiger partial charge in [0, 0.05) is 0 Å². The van der Waals surface area contributed by atoms with Crippen LogP contribution in [0.25, 0.3) is 0 Å². The zero-order valence-electron chi connectivity index (χ0n) is 13.0. The van der Waals surface area contributed by atoms with E-state index >= 15 is 0 Å². The predicted octanol–water partition coefficient (Wildman–Crippen LogP) is 5.08. The van der Waals surface area contributed by atoms with E-state index in [1.54, 1.807) is 0 Å². The summed E-state index contributed by atoms with van der Waals surface area (Å²) in [6.07, 6.45) is 7.49. The van der Waals surface area contributed by atoms with Gasteiger partial charge in [-0.05, 0) is 0 Å². The number of aldehydes is 1. The Morgan fingerprint density at radius 2 is 1.89 bits per heavy atom. The van der Waals surface area contributed by atoms with Crippen LogP contribution in [0.1, 0.15) is 33.6 Å². The molecule has 0 fully saturated rings. The molecule has 0 N–H and O–H groups in total. The molecule has 0 aliphatic heterocycles. The molecule has 0 amide bonds. The van der Waals surface area contributed by atoms with Gasteiger partial charge in [0.1, 0.15) is 0 Å². The summed E-state index contributed by atoms with van der Waals surface area (Å²) in [5.74, 6) is 0.149. The van der Waals surface area contributed by atoms with Crippen LogP contribution in [0.15, 0.2) is 24.3 Å². The predicted molar refractivity (Wildman–Crippen MR) is 84.7 cm³/mol. The molecule has 0 bridgehead atoms. The number of hydrogen-bond acceptors (Lipinski definition) is 1. The molecule has 0 radical (unpaired) electrons. The topological polar surface area (TPSA) is 17.1 Å². The van der Waals surface area contributed by atoms with Crippen molar-refractivity contribution in [1.29, 1.82) is 0 Å². The van der Waals surface area contributed by atoms with Gasteiger partial charge in [-0.15, -0.1) is 0 Å². The Morgan fingerprint density at radius 3 is 2.22 bits per heavy atom. The standard InChI is InChI=1S/C13H21O.3CH3.Sn/c1-6-13(5,12(4)10-14)9-7-8-11(2)3;;;;/h6,8,10,12H,1,4,7,9H2,2-3,5H3;3*1H3;. The maximum absolute atomic E-state index is 11.5. The van der Waals surface area contributed by atoms with E-state index in [2.05, 4.69) is 48.2 Å². The van der Waals surface area contributed by atoms with Gasteiger partial charge in [-0.25, -0.2) is 0 Å². The minimum atomic E-state index is -1.94. The van der Waals surface area contributed by atoms with E-state index < -0.39 is 18.4 Å². The van der Waals surface area contributed by atoms with Gasteiger partial charge in [0.25, 0.3) is 0 Å². The second-order valence-corrected chi connectivity index (χ2v) is 22.8. The van der Waals surface area contributed by atoms with E-state index in [4.69, 9.17) is 0 Å². The van der Waals surface area contributed by atoms with Crippen LogP contribution in [0, 0.1) is 11.3 Å². The van der Waals surface area contributed by atoms with Gasteiger partial charge < -0.3 is 0 Å². The molecule has 104 valence electrons. The molecule has 0 aromatic carbocycles. The summed E-state index contributed by atoms with van der Waals surface area (Å²) in [7, 11) is 0. The second-order valence-electron chi connectivity index (χ2n) is 7.04. The second kappa shape index (κ2) is 7.52. The molecular weight excluding hydrogens is 327 g/mol. The quantitative estimate of drug-likeness (QED) is 0.336. The molecule has 0 spiro atoms. The molecule has 0 rings (SSSR count). The van der Waals surface area contributed by atoms with Crippen LogP contribution in [0.4, 0.5) is 0 Å². The van der Waals surface area contributed by atoms with Crippen molar-refractivity contribution in [2.24, 2.45) is 11.3 Å². The summed E-state index contributed by atoms with van der Waals surface area (Å²) < 4.78 is 1.12. The van der Waals surface area contributed by atoms with Crippen LogP contribution >= 0.6 is 0 Å². The fourth-order valence-corrected chi connectivity index (χ4v) is 7.58. The van der Waals surface area contributed by atoms with Crippen LogP contribution in [-0.2, 0) is 4.79 Å². The SMILES string of the molecule is C=CC(C)(CCC=C(C)C)C(C=O)[CH2][Sn]([CH3])([CH3])[CH3]. The molecule has 2 heteroatoms. The van der Waals surface area contributed by atoms with Crippen molar-refractivity contribution in [3.8, 4) is 0 Å². The summed E-state index contributed by atoms with van der Waals surface area (Å²) in [4.78, 5) is 18.6. The van der Waals surface area contributed by atoms with Crippen molar-refractivity contribution in [2.75, 3.05) is 0 Å². The third-order valence-corrected chi connectivity index (χ3v) is 8.30. The number of carbonyl (C=O) groups is 1. The molecule has 0 heterocycles. The Bertz CT molecular complexity index is 308. The maximum atomic E-state index is 11.5. The summed E-state index contributed by atoms with van der Waals surface area (Å²) in [5.41, 5.74) is 1.30. The first kappa shape index (κ1) is 17.9. The van der Waals surface area contributed by atoms with Gasteiger partial charge in [-0.1, -0.05) is 0 Å². The third-order valence-electron chi connectivity index (χ3n) is 3.55. The number of hydrogen-bond donors (Lipinski definition) is 0. The first-order chi connectivity index (χ1) is 8.14. The van der Waals surface area contributed by atoms with Crippen LogP contribution < -0.4 is 0 Å².